The van der Waals surface area contributed by atoms with Gasteiger partial charge < -0.3 is 0 Å². The lowest BCUT2D eigenvalue weighted by molar-refractivity contribution is 0.176. The van der Waals surface area contributed by atoms with Crippen LogP contribution in [0.25, 0.3) is 0 Å². The molecule has 1 atom stereocenters. The summed E-state index contributed by atoms with van der Waals surface area (Å²) in [6, 6.07) is 6.86. The molecule has 0 amide bonds. The van der Waals surface area contributed by atoms with Crippen molar-refractivity contribution in [3.63, 3.8) is 0 Å². The third-order valence-electron chi connectivity index (χ3n) is 3.97. The Morgan fingerprint density at radius 2 is 1.72 bits per heavy atom. The average Bonchev–Trinajstić information content (AvgIpc) is 2.28. The Balaban J connectivity index is 1.91. The van der Waals surface area contributed by atoms with Crippen LogP contribution in [0.5, 0.6) is 0 Å². The normalized spacial score (nSPS) is 20.0. The first-order valence-corrected chi connectivity index (χ1v) is 7.42. The molecule has 1 nitrogen and oxygen atoms in total. The summed E-state index contributed by atoms with van der Waals surface area (Å²) in [7, 11) is 0. The molecule has 1 aromatic carbocycles. The molecule has 1 aliphatic rings. The van der Waals surface area contributed by atoms with Crippen molar-refractivity contribution in [2.45, 2.75) is 45.5 Å². The summed E-state index contributed by atoms with van der Waals surface area (Å²) in [4.78, 5) is 2.56. The molecule has 0 radical (unpaired) electrons. The van der Waals surface area contributed by atoms with E-state index in [0.717, 1.165) is 6.54 Å². The highest BCUT2D eigenvalue weighted by Crippen LogP contribution is 2.25. The number of likely N-dealkylation sites (tertiary alicyclic amines) is 1. The topological polar surface area (TPSA) is 3.24 Å². The molecule has 1 saturated heterocycles. The van der Waals surface area contributed by atoms with Crippen LogP contribution in [0.4, 0.5) is 0 Å². The SMILES string of the molecule is Cc1cc(C)cc(CN2CCC(C(C)Cl)CC2)c1. The predicted octanol–water partition coefficient (Wildman–Crippen LogP) is 4.14. The molecule has 0 aromatic heterocycles. The fourth-order valence-corrected chi connectivity index (χ4v) is 3.24. The Morgan fingerprint density at radius 3 is 2.22 bits per heavy atom. The van der Waals surface area contributed by atoms with Gasteiger partial charge in [0, 0.05) is 11.9 Å². The molecule has 0 spiro atoms. The van der Waals surface area contributed by atoms with Crippen LogP contribution in [0.2, 0.25) is 0 Å². The van der Waals surface area contributed by atoms with E-state index in [2.05, 4.69) is 43.9 Å². The maximum Gasteiger partial charge on any atom is 0.0337 e. The van der Waals surface area contributed by atoms with Crippen molar-refractivity contribution in [2.24, 2.45) is 5.92 Å². The van der Waals surface area contributed by atoms with Crippen LogP contribution in [0.1, 0.15) is 36.5 Å². The van der Waals surface area contributed by atoms with E-state index >= 15 is 0 Å². The van der Waals surface area contributed by atoms with Crippen molar-refractivity contribution in [2.75, 3.05) is 13.1 Å². The molecule has 1 heterocycles. The third kappa shape index (κ3) is 3.73. The lowest BCUT2D eigenvalue weighted by atomic mass is 9.93. The van der Waals surface area contributed by atoms with Crippen LogP contribution < -0.4 is 0 Å². The van der Waals surface area contributed by atoms with Crippen LogP contribution >= 0.6 is 11.6 Å². The zero-order valence-electron chi connectivity index (χ0n) is 11.7. The van der Waals surface area contributed by atoms with E-state index in [0.29, 0.717) is 11.3 Å². The first-order chi connectivity index (χ1) is 8.54. The molecule has 1 unspecified atom stereocenters. The van der Waals surface area contributed by atoms with Crippen LogP contribution in [0.15, 0.2) is 18.2 Å². The maximum absolute atomic E-state index is 6.19. The van der Waals surface area contributed by atoms with Crippen molar-refractivity contribution in [3.8, 4) is 0 Å². The van der Waals surface area contributed by atoms with Gasteiger partial charge in [-0.2, -0.15) is 0 Å². The van der Waals surface area contributed by atoms with Crippen molar-refractivity contribution >= 4 is 11.6 Å². The first-order valence-electron chi connectivity index (χ1n) is 6.98. The van der Waals surface area contributed by atoms with Crippen LogP contribution in [0, 0.1) is 19.8 Å². The lowest BCUT2D eigenvalue weighted by Crippen LogP contribution is -2.35. The van der Waals surface area contributed by atoms with Gasteiger partial charge in [0.1, 0.15) is 0 Å². The number of aryl methyl sites for hydroxylation is 2. The van der Waals surface area contributed by atoms with E-state index in [9.17, 15) is 0 Å². The number of piperidine rings is 1. The fourth-order valence-electron chi connectivity index (χ4n) is 2.99. The summed E-state index contributed by atoms with van der Waals surface area (Å²) in [5.41, 5.74) is 4.19. The van der Waals surface area contributed by atoms with Gasteiger partial charge in [-0.1, -0.05) is 29.3 Å². The summed E-state index contributed by atoms with van der Waals surface area (Å²) in [6.45, 7) is 9.96. The molecule has 0 saturated carbocycles. The highest BCUT2D eigenvalue weighted by atomic mass is 35.5. The summed E-state index contributed by atoms with van der Waals surface area (Å²) < 4.78 is 0. The Labute approximate surface area is 116 Å². The Bertz CT molecular complexity index is 372. The number of benzene rings is 1. The molecule has 0 bridgehead atoms. The zero-order valence-corrected chi connectivity index (χ0v) is 12.5. The first kappa shape index (κ1) is 13.9. The van der Waals surface area contributed by atoms with E-state index in [-0.39, 0.29) is 0 Å². The van der Waals surface area contributed by atoms with E-state index in [1.807, 2.05) is 0 Å². The minimum Gasteiger partial charge on any atom is -0.299 e. The van der Waals surface area contributed by atoms with E-state index in [4.69, 9.17) is 11.6 Å². The second-order valence-corrected chi connectivity index (χ2v) is 6.48. The molecule has 1 aromatic rings. The smallest absolute Gasteiger partial charge is 0.0337 e. The van der Waals surface area contributed by atoms with Gasteiger partial charge >= 0.3 is 0 Å². The van der Waals surface area contributed by atoms with Gasteiger partial charge in [0.25, 0.3) is 0 Å². The molecular weight excluding hydrogens is 242 g/mol. The quantitative estimate of drug-likeness (QED) is 0.743. The standard InChI is InChI=1S/C16H24ClN/c1-12-8-13(2)10-15(9-12)11-18-6-4-16(5-7-18)14(3)17/h8-10,14,16H,4-7,11H2,1-3H3. The maximum atomic E-state index is 6.19. The largest absolute Gasteiger partial charge is 0.299 e. The Morgan fingerprint density at radius 1 is 1.17 bits per heavy atom. The van der Waals surface area contributed by atoms with E-state index in [1.54, 1.807) is 0 Å². The monoisotopic (exact) mass is 265 g/mol. The number of nitrogens with zero attached hydrogens (tertiary/aromatic N) is 1. The Hall–Kier alpha value is -0.530. The lowest BCUT2D eigenvalue weighted by Gasteiger charge is -2.33. The van der Waals surface area contributed by atoms with E-state index in [1.165, 1.54) is 42.6 Å². The van der Waals surface area contributed by atoms with Crippen LogP contribution in [-0.4, -0.2) is 23.4 Å². The molecule has 2 heteroatoms. The van der Waals surface area contributed by atoms with Crippen LogP contribution in [0.3, 0.4) is 0 Å². The summed E-state index contributed by atoms with van der Waals surface area (Å²) in [5, 5.41) is 0.327. The predicted molar refractivity (Wildman–Crippen MR) is 79.2 cm³/mol. The highest BCUT2D eigenvalue weighted by Gasteiger charge is 2.22. The number of hydrogen-bond acceptors (Lipinski definition) is 1. The molecule has 0 N–H and O–H groups in total. The zero-order chi connectivity index (χ0) is 13.1. The molecule has 100 valence electrons. The molecular formula is C16H24ClN. The van der Waals surface area contributed by atoms with Gasteiger partial charge in [-0.25, -0.2) is 0 Å². The minimum absolute atomic E-state index is 0.327. The van der Waals surface area contributed by atoms with Gasteiger partial charge in [0.15, 0.2) is 0 Å². The summed E-state index contributed by atoms with van der Waals surface area (Å²) >= 11 is 6.19. The summed E-state index contributed by atoms with van der Waals surface area (Å²) in [5.74, 6) is 0.710. The second-order valence-electron chi connectivity index (χ2n) is 5.79. The third-order valence-corrected chi connectivity index (χ3v) is 4.33. The van der Waals surface area contributed by atoms with Crippen molar-refractivity contribution < 1.29 is 0 Å². The van der Waals surface area contributed by atoms with Gasteiger partial charge in [0.2, 0.25) is 0 Å². The number of rotatable bonds is 3. The molecule has 2 rings (SSSR count). The Kier molecular flexibility index (Phi) is 4.69. The van der Waals surface area contributed by atoms with Crippen molar-refractivity contribution in [1.29, 1.82) is 0 Å². The van der Waals surface area contributed by atoms with Gasteiger partial charge in [-0.3, -0.25) is 4.90 Å². The number of hydrogen-bond donors (Lipinski definition) is 0. The minimum atomic E-state index is 0.327. The molecule has 1 aliphatic heterocycles. The van der Waals surface area contributed by atoms with Gasteiger partial charge in [-0.15, -0.1) is 11.6 Å². The van der Waals surface area contributed by atoms with Crippen molar-refractivity contribution in [1.82, 2.24) is 4.90 Å². The number of alkyl halides is 1. The van der Waals surface area contributed by atoms with Crippen LogP contribution in [-0.2, 0) is 6.54 Å². The van der Waals surface area contributed by atoms with Gasteiger partial charge in [-0.05, 0) is 58.2 Å². The number of halogens is 1. The highest BCUT2D eigenvalue weighted by molar-refractivity contribution is 6.20. The molecule has 0 aliphatic carbocycles. The van der Waals surface area contributed by atoms with Crippen molar-refractivity contribution in [3.05, 3.63) is 34.9 Å². The second kappa shape index (κ2) is 6.08. The van der Waals surface area contributed by atoms with Gasteiger partial charge in [0.05, 0.1) is 0 Å². The molecule has 1 fully saturated rings. The van der Waals surface area contributed by atoms with E-state index < -0.39 is 0 Å². The fraction of sp³-hybridized carbons (Fsp3) is 0.625. The molecule has 18 heavy (non-hydrogen) atoms. The average molecular weight is 266 g/mol. The summed E-state index contributed by atoms with van der Waals surface area (Å²) in [6.07, 6.45) is 2.49.